The van der Waals surface area contributed by atoms with Gasteiger partial charge in [0.2, 0.25) is 0 Å². The van der Waals surface area contributed by atoms with Crippen LogP contribution >= 0.6 is 11.6 Å². The Morgan fingerprint density at radius 1 is 1.45 bits per heavy atom. The Hall–Kier alpha value is -2.78. The van der Waals surface area contributed by atoms with Crippen LogP contribution in [0, 0.1) is 11.3 Å². The van der Waals surface area contributed by atoms with Crippen molar-refractivity contribution in [2.75, 3.05) is 11.1 Å². The van der Waals surface area contributed by atoms with Gasteiger partial charge in [0.25, 0.3) is 0 Å². The Kier molecular flexibility index (Phi) is 3.73. The predicted octanol–water partition coefficient (Wildman–Crippen LogP) is 2.63. The fourth-order valence-electron chi connectivity index (χ4n) is 1.52. The number of carbonyl (C=O) groups is 1. The predicted molar refractivity (Wildman–Crippen MR) is 75.1 cm³/mol. The highest BCUT2D eigenvalue weighted by Crippen LogP contribution is 2.28. The maximum atomic E-state index is 10.8. The standard InChI is InChI=1S/C13H9ClN4O2/c14-9-2-1-7(5-15)3-11(9)18-12-10(16)4-8(6-17-12)13(19)20/h1-4,6H,16H2,(H,17,18)(H,19,20). The average molecular weight is 289 g/mol. The number of rotatable bonds is 3. The molecule has 100 valence electrons. The average Bonchev–Trinajstić information content (AvgIpc) is 2.43. The number of nitrogen functional groups attached to an aromatic ring is 1. The highest BCUT2D eigenvalue weighted by molar-refractivity contribution is 6.33. The van der Waals surface area contributed by atoms with E-state index in [4.69, 9.17) is 27.7 Å². The van der Waals surface area contributed by atoms with Gasteiger partial charge >= 0.3 is 5.97 Å². The second-order valence-corrected chi connectivity index (χ2v) is 4.31. The summed E-state index contributed by atoms with van der Waals surface area (Å²) in [7, 11) is 0. The van der Waals surface area contributed by atoms with Crippen molar-refractivity contribution in [1.82, 2.24) is 4.98 Å². The van der Waals surface area contributed by atoms with Crippen LogP contribution in [0.25, 0.3) is 0 Å². The Morgan fingerprint density at radius 2 is 2.20 bits per heavy atom. The van der Waals surface area contributed by atoms with Crippen molar-refractivity contribution in [3.63, 3.8) is 0 Å². The molecule has 6 nitrogen and oxygen atoms in total. The zero-order valence-corrected chi connectivity index (χ0v) is 10.8. The van der Waals surface area contributed by atoms with Crippen LogP contribution in [0.2, 0.25) is 5.02 Å². The van der Waals surface area contributed by atoms with E-state index in [-0.39, 0.29) is 17.1 Å². The highest BCUT2D eigenvalue weighted by atomic mass is 35.5. The van der Waals surface area contributed by atoms with Crippen molar-refractivity contribution in [1.29, 1.82) is 5.26 Å². The lowest BCUT2D eigenvalue weighted by Crippen LogP contribution is -2.04. The molecular weight excluding hydrogens is 280 g/mol. The van der Waals surface area contributed by atoms with E-state index in [0.717, 1.165) is 0 Å². The second-order valence-electron chi connectivity index (χ2n) is 3.90. The molecule has 1 aromatic heterocycles. The first-order valence-corrected chi connectivity index (χ1v) is 5.84. The molecule has 2 rings (SSSR count). The van der Waals surface area contributed by atoms with Crippen molar-refractivity contribution in [2.45, 2.75) is 0 Å². The van der Waals surface area contributed by atoms with Gasteiger partial charge in [-0.1, -0.05) is 11.6 Å². The van der Waals surface area contributed by atoms with Crippen LogP contribution in [0.5, 0.6) is 0 Å². The molecule has 0 aliphatic heterocycles. The minimum Gasteiger partial charge on any atom is -0.478 e. The van der Waals surface area contributed by atoms with Crippen molar-refractivity contribution in [3.8, 4) is 6.07 Å². The molecule has 0 saturated carbocycles. The minimum atomic E-state index is -1.11. The van der Waals surface area contributed by atoms with Gasteiger partial charge in [-0.3, -0.25) is 0 Å². The summed E-state index contributed by atoms with van der Waals surface area (Å²) in [6, 6.07) is 7.99. The molecule has 20 heavy (non-hydrogen) atoms. The molecule has 0 radical (unpaired) electrons. The van der Waals surface area contributed by atoms with Crippen LogP contribution < -0.4 is 11.1 Å². The number of pyridine rings is 1. The molecule has 0 atom stereocenters. The van der Waals surface area contributed by atoms with E-state index in [1.54, 1.807) is 18.2 Å². The van der Waals surface area contributed by atoms with Gasteiger partial charge < -0.3 is 16.2 Å². The Bertz CT molecular complexity index is 725. The Labute approximate surface area is 119 Å². The summed E-state index contributed by atoms with van der Waals surface area (Å²) >= 11 is 6.00. The molecule has 0 amide bonds. The highest BCUT2D eigenvalue weighted by Gasteiger charge is 2.09. The van der Waals surface area contributed by atoms with Crippen LogP contribution in [0.4, 0.5) is 17.2 Å². The lowest BCUT2D eigenvalue weighted by molar-refractivity contribution is 0.0696. The fourth-order valence-corrected chi connectivity index (χ4v) is 1.69. The number of nitrogens with two attached hydrogens (primary N) is 1. The fraction of sp³-hybridized carbons (Fsp3) is 0. The van der Waals surface area contributed by atoms with E-state index >= 15 is 0 Å². The quantitative estimate of drug-likeness (QED) is 0.800. The van der Waals surface area contributed by atoms with Gasteiger partial charge in [0, 0.05) is 6.20 Å². The van der Waals surface area contributed by atoms with E-state index in [1.807, 2.05) is 6.07 Å². The molecule has 7 heteroatoms. The molecule has 0 aliphatic rings. The van der Waals surface area contributed by atoms with Gasteiger partial charge in [-0.2, -0.15) is 5.26 Å². The molecule has 2 aromatic rings. The first kappa shape index (κ1) is 13.6. The number of carboxylic acids is 1. The SMILES string of the molecule is N#Cc1ccc(Cl)c(Nc2ncc(C(=O)O)cc2N)c1. The molecule has 1 aromatic carbocycles. The molecule has 0 bridgehead atoms. The molecule has 0 fully saturated rings. The number of nitrogens with one attached hydrogen (secondary N) is 1. The van der Waals surface area contributed by atoms with E-state index < -0.39 is 5.97 Å². The number of benzene rings is 1. The number of nitrogens with zero attached hydrogens (tertiary/aromatic N) is 2. The van der Waals surface area contributed by atoms with Gasteiger partial charge in [-0.15, -0.1) is 0 Å². The van der Waals surface area contributed by atoms with Crippen LogP contribution in [0.3, 0.4) is 0 Å². The number of aromatic carboxylic acids is 1. The third-order valence-corrected chi connectivity index (χ3v) is 2.84. The first-order valence-electron chi connectivity index (χ1n) is 5.46. The Balaban J connectivity index is 2.35. The minimum absolute atomic E-state index is 0.00933. The number of hydrogen-bond acceptors (Lipinski definition) is 5. The lowest BCUT2D eigenvalue weighted by Gasteiger charge is -2.10. The summed E-state index contributed by atoms with van der Waals surface area (Å²) in [4.78, 5) is 14.7. The first-order chi connectivity index (χ1) is 9.51. The second kappa shape index (κ2) is 5.47. The summed E-state index contributed by atoms with van der Waals surface area (Å²) < 4.78 is 0. The van der Waals surface area contributed by atoms with E-state index in [1.165, 1.54) is 12.3 Å². The van der Waals surface area contributed by atoms with Crippen LogP contribution in [-0.2, 0) is 0 Å². The maximum Gasteiger partial charge on any atom is 0.337 e. The van der Waals surface area contributed by atoms with E-state index in [0.29, 0.717) is 16.3 Å². The molecule has 0 saturated heterocycles. The molecule has 0 spiro atoms. The summed E-state index contributed by atoms with van der Waals surface area (Å²) in [6.45, 7) is 0. The Morgan fingerprint density at radius 3 is 2.80 bits per heavy atom. The van der Waals surface area contributed by atoms with Crippen molar-refractivity contribution < 1.29 is 9.90 Å². The summed E-state index contributed by atoms with van der Waals surface area (Å²) in [5.74, 6) is -0.841. The summed E-state index contributed by atoms with van der Waals surface area (Å²) in [6.07, 6.45) is 1.18. The van der Waals surface area contributed by atoms with E-state index in [2.05, 4.69) is 10.3 Å². The number of nitriles is 1. The third-order valence-electron chi connectivity index (χ3n) is 2.51. The van der Waals surface area contributed by atoms with Gasteiger partial charge in [0.05, 0.1) is 33.6 Å². The van der Waals surface area contributed by atoms with Crippen LogP contribution in [-0.4, -0.2) is 16.1 Å². The number of halogens is 1. The summed E-state index contributed by atoms with van der Waals surface area (Å²) in [5.41, 5.74) is 6.79. The largest absolute Gasteiger partial charge is 0.478 e. The molecule has 4 N–H and O–H groups in total. The van der Waals surface area contributed by atoms with Gasteiger partial charge in [0.15, 0.2) is 5.82 Å². The topological polar surface area (TPSA) is 112 Å². The smallest absolute Gasteiger partial charge is 0.337 e. The lowest BCUT2D eigenvalue weighted by atomic mass is 10.2. The van der Waals surface area contributed by atoms with Gasteiger partial charge in [-0.25, -0.2) is 9.78 Å². The van der Waals surface area contributed by atoms with Gasteiger partial charge in [-0.05, 0) is 24.3 Å². The number of anilines is 3. The van der Waals surface area contributed by atoms with Crippen molar-refractivity contribution in [3.05, 3.63) is 46.6 Å². The molecule has 0 unspecified atom stereocenters. The van der Waals surface area contributed by atoms with E-state index in [9.17, 15) is 4.79 Å². The van der Waals surface area contributed by atoms with Crippen LogP contribution in [0.1, 0.15) is 15.9 Å². The maximum absolute atomic E-state index is 10.8. The number of carboxylic acid groups (broad SMARTS) is 1. The van der Waals surface area contributed by atoms with Gasteiger partial charge in [0.1, 0.15) is 0 Å². The third kappa shape index (κ3) is 2.79. The molecular formula is C13H9ClN4O2. The van der Waals surface area contributed by atoms with Crippen molar-refractivity contribution in [2.24, 2.45) is 0 Å². The number of hydrogen-bond donors (Lipinski definition) is 3. The zero-order chi connectivity index (χ0) is 14.7. The van der Waals surface area contributed by atoms with Crippen molar-refractivity contribution >= 4 is 34.8 Å². The molecule has 1 heterocycles. The van der Waals surface area contributed by atoms with Crippen LogP contribution in [0.15, 0.2) is 30.5 Å². The molecule has 0 aliphatic carbocycles. The normalized spacial score (nSPS) is 9.80. The summed E-state index contributed by atoms with van der Waals surface area (Å²) in [5, 5.41) is 20.9. The number of aromatic nitrogens is 1. The monoisotopic (exact) mass is 288 g/mol. The zero-order valence-electron chi connectivity index (χ0n) is 10.1.